The standard InChI is InChI=1S/C10H13NO/c1-4-9-5-7(2)8(3)6-10(9)12-11/h4-6H,1,11H2,2-3H3. The molecule has 0 radical (unpaired) electrons. The minimum Gasteiger partial charge on any atom is -0.411 e. The number of aryl methyl sites for hydroxylation is 2. The lowest BCUT2D eigenvalue weighted by molar-refractivity contribution is 0.333. The number of benzene rings is 1. The second kappa shape index (κ2) is 3.41. The van der Waals surface area contributed by atoms with Crippen molar-refractivity contribution in [2.45, 2.75) is 13.8 Å². The van der Waals surface area contributed by atoms with Crippen molar-refractivity contribution < 1.29 is 4.84 Å². The fourth-order valence-electron chi connectivity index (χ4n) is 1.07. The normalized spacial score (nSPS) is 9.58. The molecule has 0 bridgehead atoms. The maximum absolute atomic E-state index is 5.10. The molecule has 0 saturated heterocycles. The summed E-state index contributed by atoms with van der Waals surface area (Å²) in [5, 5.41) is 0. The summed E-state index contributed by atoms with van der Waals surface area (Å²) in [7, 11) is 0. The van der Waals surface area contributed by atoms with Crippen molar-refractivity contribution in [2.75, 3.05) is 0 Å². The highest BCUT2D eigenvalue weighted by atomic mass is 16.6. The van der Waals surface area contributed by atoms with Crippen molar-refractivity contribution in [3.63, 3.8) is 0 Å². The second-order valence-electron chi connectivity index (χ2n) is 2.80. The zero-order chi connectivity index (χ0) is 9.14. The first-order chi connectivity index (χ1) is 5.69. The molecule has 0 aromatic heterocycles. The van der Waals surface area contributed by atoms with Crippen molar-refractivity contribution in [3.8, 4) is 5.75 Å². The molecule has 0 aliphatic heterocycles. The van der Waals surface area contributed by atoms with Gasteiger partial charge in [-0.15, -0.1) is 0 Å². The third-order valence-electron chi connectivity index (χ3n) is 1.97. The van der Waals surface area contributed by atoms with Crippen LogP contribution in [0.2, 0.25) is 0 Å². The minimum absolute atomic E-state index is 0.674. The van der Waals surface area contributed by atoms with Crippen LogP contribution in [0.15, 0.2) is 18.7 Å². The molecule has 0 saturated carbocycles. The van der Waals surface area contributed by atoms with Crippen LogP contribution in [0, 0.1) is 13.8 Å². The van der Waals surface area contributed by atoms with Crippen molar-refractivity contribution in [2.24, 2.45) is 5.90 Å². The largest absolute Gasteiger partial charge is 0.411 e. The molecule has 0 aliphatic rings. The molecule has 64 valence electrons. The molecule has 0 spiro atoms. The number of hydrogen-bond donors (Lipinski definition) is 1. The van der Waals surface area contributed by atoms with E-state index in [1.165, 1.54) is 11.1 Å². The SMILES string of the molecule is C=Cc1cc(C)c(C)cc1ON. The Morgan fingerprint density at radius 2 is 1.92 bits per heavy atom. The topological polar surface area (TPSA) is 35.2 Å². The van der Waals surface area contributed by atoms with E-state index in [2.05, 4.69) is 6.58 Å². The monoisotopic (exact) mass is 163 g/mol. The van der Waals surface area contributed by atoms with E-state index in [9.17, 15) is 0 Å². The van der Waals surface area contributed by atoms with E-state index >= 15 is 0 Å². The van der Waals surface area contributed by atoms with Crippen LogP contribution in [0.1, 0.15) is 16.7 Å². The minimum atomic E-state index is 0.674. The van der Waals surface area contributed by atoms with E-state index in [0.29, 0.717) is 5.75 Å². The fraction of sp³-hybridized carbons (Fsp3) is 0.200. The Balaban J connectivity index is 3.28. The van der Waals surface area contributed by atoms with E-state index in [-0.39, 0.29) is 0 Å². The van der Waals surface area contributed by atoms with E-state index in [0.717, 1.165) is 5.56 Å². The van der Waals surface area contributed by atoms with Gasteiger partial charge in [0.05, 0.1) is 0 Å². The van der Waals surface area contributed by atoms with Crippen molar-refractivity contribution in [1.29, 1.82) is 0 Å². The van der Waals surface area contributed by atoms with Gasteiger partial charge < -0.3 is 4.84 Å². The molecule has 0 fully saturated rings. The molecule has 1 aromatic rings. The van der Waals surface area contributed by atoms with Gasteiger partial charge in [0.2, 0.25) is 0 Å². The first-order valence-corrected chi connectivity index (χ1v) is 3.79. The predicted octanol–water partition coefficient (Wildman–Crippen LogP) is 2.20. The Morgan fingerprint density at radius 3 is 2.42 bits per heavy atom. The summed E-state index contributed by atoms with van der Waals surface area (Å²) >= 11 is 0. The predicted molar refractivity (Wildman–Crippen MR) is 50.8 cm³/mol. The quantitative estimate of drug-likeness (QED) is 0.678. The molecular formula is C10H13NO. The Hall–Kier alpha value is -1.28. The van der Waals surface area contributed by atoms with Crippen LogP contribution < -0.4 is 10.7 Å². The maximum Gasteiger partial charge on any atom is 0.154 e. The van der Waals surface area contributed by atoms with E-state index in [4.69, 9.17) is 10.7 Å². The zero-order valence-electron chi connectivity index (χ0n) is 7.42. The Kier molecular flexibility index (Phi) is 2.51. The molecule has 0 heterocycles. The molecule has 0 atom stereocenters. The van der Waals surface area contributed by atoms with Crippen LogP contribution in [0.5, 0.6) is 5.75 Å². The van der Waals surface area contributed by atoms with Crippen LogP contribution in [-0.4, -0.2) is 0 Å². The third-order valence-corrected chi connectivity index (χ3v) is 1.97. The van der Waals surface area contributed by atoms with Gasteiger partial charge in [-0.3, -0.25) is 0 Å². The molecule has 2 nitrogen and oxygen atoms in total. The average molecular weight is 163 g/mol. The van der Waals surface area contributed by atoms with Crippen LogP contribution in [0.25, 0.3) is 6.08 Å². The van der Waals surface area contributed by atoms with Crippen LogP contribution >= 0.6 is 0 Å². The lowest BCUT2D eigenvalue weighted by Crippen LogP contribution is -2.04. The number of hydrogen-bond acceptors (Lipinski definition) is 2. The highest BCUT2D eigenvalue weighted by Gasteiger charge is 2.02. The van der Waals surface area contributed by atoms with Crippen molar-refractivity contribution in [3.05, 3.63) is 35.4 Å². The summed E-state index contributed by atoms with van der Waals surface area (Å²) in [6.45, 7) is 7.74. The molecule has 12 heavy (non-hydrogen) atoms. The molecule has 0 unspecified atom stereocenters. The van der Waals surface area contributed by atoms with Gasteiger partial charge in [-0.05, 0) is 37.1 Å². The van der Waals surface area contributed by atoms with Gasteiger partial charge in [-0.1, -0.05) is 12.7 Å². The van der Waals surface area contributed by atoms with Crippen LogP contribution in [0.4, 0.5) is 0 Å². The summed E-state index contributed by atoms with van der Waals surface area (Å²) in [6, 6.07) is 3.91. The van der Waals surface area contributed by atoms with Crippen LogP contribution in [0.3, 0.4) is 0 Å². The Bertz CT molecular complexity index is 305. The van der Waals surface area contributed by atoms with Gasteiger partial charge in [0.15, 0.2) is 5.75 Å². The lowest BCUT2D eigenvalue weighted by atomic mass is 10.1. The van der Waals surface area contributed by atoms with Crippen molar-refractivity contribution in [1.82, 2.24) is 0 Å². The first kappa shape index (κ1) is 8.81. The summed E-state index contributed by atoms with van der Waals surface area (Å²) in [4.78, 5) is 4.70. The number of rotatable bonds is 2. The highest BCUT2D eigenvalue weighted by Crippen LogP contribution is 2.22. The van der Waals surface area contributed by atoms with Gasteiger partial charge in [-0.2, -0.15) is 5.90 Å². The van der Waals surface area contributed by atoms with Gasteiger partial charge in [0, 0.05) is 5.56 Å². The summed E-state index contributed by atoms with van der Waals surface area (Å²) in [6.07, 6.45) is 1.73. The summed E-state index contributed by atoms with van der Waals surface area (Å²) in [5.74, 6) is 5.77. The third kappa shape index (κ3) is 1.48. The van der Waals surface area contributed by atoms with E-state index in [1.54, 1.807) is 6.08 Å². The molecular weight excluding hydrogens is 150 g/mol. The van der Waals surface area contributed by atoms with Crippen LogP contribution in [-0.2, 0) is 0 Å². The average Bonchev–Trinajstić information content (AvgIpc) is 2.09. The molecule has 0 aliphatic carbocycles. The van der Waals surface area contributed by atoms with E-state index < -0.39 is 0 Å². The molecule has 1 rings (SSSR count). The van der Waals surface area contributed by atoms with Gasteiger partial charge in [0.25, 0.3) is 0 Å². The zero-order valence-corrected chi connectivity index (χ0v) is 7.42. The molecule has 2 N–H and O–H groups in total. The lowest BCUT2D eigenvalue weighted by Gasteiger charge is -2.07. The Labute approximate surface area is 72.6 Å². The Morgan fingerprint density at radius 1 is 1.33 bits per heavy atom. The first-order valence-electron chi connectivity index (χ1n) is 3.79. The fourth-order valence-corrected chi connectivity index (χ4v) is 1.07. The summed E-state index contributed by atoms with van der Waals surface area (Å²) in [5.41, 5.74) is 3.31. The number of nitrogens with two attached hydrogens (primary N) is 1. The second-order valence-corrected chi connectivity index (χ2v) is 2.80. The molecule has 0 amide bonds. The maximum atomic E-state index is 5.10. The van der Waals surface area contributed by atoms with Gasteiger partial charge in [-0.25, -0.2) is 0 Å². The van der Waals surface area contributed by atoms with Gasteiger partial charge >= 0.3 is 0 Å². The van der Waals surface area contributed by atoms with Crippen molar-refractivity contribution >= 4 is 6.08 Å². The highest BCUT2D eigenvalue weighted by molar-refractivity contribution is 5.58. The molecule has 2 heteroatoms. The smallest absolute Gasteiger partial charge is 0.154 e. The summed E-state index contributed by atoms with van der Waals surface area (Å²) < 4.78 is 0. The van der Waals surface area contributed by atoms with Gasteiger partial charge in [0.1, 0.15) is 0 Å². The molecule has 1 aromatic carbocycles. The van der Waals surface area contributed by atoms with E-state index in [1.807, 2.05) is 26.0 Å².